The molecule has 0 radical (unpaired) electrons. The monoisotopic (exact) mass is 521 g/mol. The van der Waals surface area contributed by atoms with Crippen molar-refractivity contribution in [3.05, 3.63) is 52.7 Å². The molecular formula is C25H29Cl2N3O3S. The Morgan fingerprint density at radius 2 is 1.91 bits per heavy atom. The van der Waals surface area contributed by atoms with Crippen LogP contribution in [0.1, 0.15) is 36.9 Å². The highest BCUT2D eigenvalue weighted by Crippen LogP contribution is 2.35. The number of carbonyl (C=O) groups is 1. The highest BCUT2D eigenvalue weighted by molar-refractivity contribution is 7.22. The van der Waals surface area contributed by atoms with Gasteiger partial charge in [-0.25, -0.2) is 4.98 Å². The van der Waals surface area contributed by atoms with E-state index in [0.717, 1.165) is 40.8 Å². The number of ether oxygens (including phenoxy) is 1. The van der Waals surface area contributed by atoms with Gasteiger partial charge in [-0.3, -0.25) is 9.69 Å². The van der Waals surface area contributed by atoms with Crippen molar-refractivity contribution < 1.29 is 13.9 Å². The number of hydrogen-bond donors (Lipinski definition) is 0. The zero-order valence-corrected chi connectivity index (χ0v) is 22.1. The number of fused-ring (bicyclic) bond motifs is 2. The number of likely N-dealkylation sites (N-methyl/N-ethyl adjacent to an activating group) is 1. The van der Waals surface area contributed by atoms with Gasteiger partial charge in [0.05, 0.1) is 16.8 Å². The Hall–Kier alpha value is -2.32. The summed E-state index contributed by atoms with van der Waals surface area (Å²) in [4.78, 5) is 22.5. The Balaban J connectivity index is 0.00000324. The molecule has 0 atom stereocenters. The highest BCUT2D eigenvalue weighted by Gasteiger charge is 2.26. The largest absolute Gasteiger partial charge is 0.490 e. The molecule has 182 valence electrons. The number of halogens is 2. The van der Waals surface area contributed by atoms with Crippen molar-refractivity contribution >= 4 is 67.6 Å². The molecule has 2 heterocycles. The van der Waals surface area contributed by atoms with Crippen LogP contribution < -0.4 is 9.64 Å². The topological polar surface area (TPSA) is 58.8 Å². The first-order valence-electron chi connectivity index (χ1n) is 11.2. The van der Waals surface area contributed by atoms with E-state index in [0.29, 0.717) is 34.6 Å². The summed E-state index contributed by atoms with van der Waals surface area (Å²) in [5, 5.41) is 2.14. The van der Waals surface area contributed by atoms with Crippen molar-refractivity contribution in [3.63, 3.8) is 0 Å². The lowest BCUT2D eigenvalue weighted by atomic mass is 10.2. The first-order chi connectivity index (χ1) is 16.0. The summed E-state index contributed by atoms with van der Waals surface area (Å²) in [6.07, 6.45) is 0. The summed E-state index contributed by atoms with van der Waals surface area (Å²) in [6.45, 7) is 11.7. The van der Waals surface area contributed by atoms with E-state index < -0.39 is 0 Å². The van der Waals surface area contributed by atoms with Crippen molar-refractivity contribution in [2.45, 2.75) is 27.7 Å². The number of furan rings is 1. The molecule has 0 aliphatic rings. The van der Waals surface area contributed by atoms with Gasteiger partial charge in [-0.2, -0.15) is 0 Å². The van der Waals surface area contributed by atoms with Gasteiger partial charge >= 0.3 is 0 Å². The van der Waals surface area contributed by atoms with Crippen LogP contribution in [0.25, 0.3) is 21.2 Å². The minimum absolute atomic E-state index is 0. The summed E-state index contributed by atoms with van der Waals surface area (Å²) in [5.41, 5.74) is 2.32. The number of carbonyl (C=O) groups excluding carboxylic acids is 1. The van der Waals surface area contributed by atoms with E-state index in [4.69, 9.17) is 25.7 Å². The molecule has 2 aromatic heterocycles. The molecule has 0 unspecified atom stereocenters. The summed E-state index contributed by atoms with van der Waals surface area (Å²) in [7, 11) is 0. The van der Waals surface area contributed by atoms with Gasteiger partial charge in [0, 0.05) is 23.5 Å². The maximum absolute atomic E-state index is 13.7. The van der Waals surface area contributed by atoms with Crippen molar-refractivity contribution in [2.24, 2.45) is 0 Å². The lowest BCUT2D eigenvalue weighted by Crippen LogP contribution is -2.38. The number of aromatic nitrogens is 1. The molecule has 0 fully saturated rings. The Kier molecular flexibility index (Phi) is 8.82. The van der Waals surface area contributed by atoms with E-state index >= 15 is 0 Å². The van der Waals surface area contributed by atoms with Crippen LogP contribution >= 0.6 is 35.3 Å². The fourth-order valence-corrected chi connectivity index (χ4v) is 5.02. The van der Waals surface area contributed by atoms with Crippen LogP contribution in [0, 0.1) is 6.92 Å². The predicted molar refractivity (Wildman–Crippen MR) is 143 cm³/mol. The van der Waals surface area contributed by atoms with Crippen LogP contribution in [-0.2, 0) is 0 Å². The summed E-state index contributed by atoms with van der Waals surface area (Å²) < 4.78 is 12.7. The Labute approximate surface area is 214 Å². The van der Waals surface area contributed by atoms with E-state index in [2.05, 4.69) is 18.7 Å². The molecule has 4 aromatic rings. The molecule has 0 aliphatic carbocycles. The van der Waals surface area contributed by atoms with Gasteiger partial charge in [0.1, 0.15) is 0 Å². The zero-order valence-electron chi connectivity index (χ0n) is 19.8. The minimum Gasteiger partial charge on any atom is -0.490 e. The van der Waals surface area contributed by atoms with E-state index in [1.165, 1.54) is 11.3 Å². The smallest absolute Gasteiger partial charge is 0.295 e. The second kappa shape index (κ2) is 11.4. The van der Waals surface area contributed by atoms with Crippen molar-refractivity contribution in [3.8, 4) is 5.75 Å². The normalized spacial score (nSPS) is 11.2. The second-order valence-corrected chi connectivity index (χ2v) is 9.13. The molecule has 0 spiro atoms. The molecular weight excluding hydrogens is 493 g/mol. The molecule has 2 aromatic carbocycles. The van der Waals surface area contributed by atoms with Gasteiger partial charge in [0.15, 0.2) is 22.2 Å². The van der Waals surface area contributed by atoms with Crippen LogP contribution in [-0.4, -0.2) is 48.6 Å². The van der Waals surface area contributed by atoms with Crippen molar-refractivity contribution in [1.82, 2.24) is 9.88 Å². The number of nitrogens with zero attached hydrogens (tertiary/aromatic N) is 3. The number of benzene rings is 2. The summed E-state index contributed by atoms with van der Waals surface area (Å²) in [6, 6.07) is 11.3. The zero-order chi connectivity index (χ0) is 23.5. The molecule has 4 rings (SSSR count). The number of amides is 1. The van der Waals surface area contributed by atoms with Gasteiger partial charge in [-0.05, 0) is 56.8 Å². The van der Waals surface area contributed by atoms with Crippen LogP contribution in [0.5, 0.6) is 5.75 Å². The maximum atomic E-state index is 13.7. The third-order valence-corrected chi connectivity index (χ3v) is 7.22. The van der Waals surface area contributed by atoms with E-state index in [1.54, 1.807) is 11.0 Å². The molecule has 0 saturated carbocycles. The molecule has 9 heteroatoms. The molecule has 6 nitrogen and oxygen atoms in total. The average Bonchev–Trinajstić information content (AvgIpc) is 3.45. The molecule has 0 aliphatic heterocycles. The summed E-state index contributed by atoms with van der Waals surface area (Å²) >= 11 is 7.80. The SMILES string of the molecule is CCOc1cccc2cc(C(=O)N(CCN(CC)CC)c3nc4c(C)c(Cl)ccc4s3)oc12.Cl. The summed E-state index contributed by atoms with van der Waals surface area (Å²) in [5.74, 6) is 0.684. The molecule has 34 heavy (non-hydrogen) atoms. The number of hydrogen-bond acceptors (Lipinski definition) is 6. The quantitative estimate of drug-likeness (QED) is 0.242. The standard InChI is InChI=1S/C25H28ClN3O3S.ClH/c1-5-28(6-2)13-14-29(25-27-22-16(4)18(26)11-12-21(22)33-25)24(30)20-15-17-9-8-10-19(31-7-3)23(17)32-20;/h8-12,15H,5-7,13-14H2,1-4H3;1H. The number of aryl methyl sites for hydroxylation is 1. The molecule has 0 N–H and O–H groups in total. The van der Waals surface area contributed by atoms with E-state index in [9.17, 15) is 4.79 Å². The lowest BCUT2D eigenvalue weighted by Gasteiger charge is -2.24. The Morgan fingerprint density at radius 3 is 2.62 bits per heavy atom. The Bertz CT molecular complexity index is 1280. The van der Waals surface area contributed by atoms with Gasteiger partial charge in [0.2, 0.25) is 0 Å². The van der Waals surface area contributed by atoms with Gasteiger partial charge in [-0.15, -0.1) is 12.4 Å². The van der Waals surface area contributed by atoms with Crippen LogP contribution in [0.4, 0.5) is 5.13 Å². The number of para-hydroxylation sites is 1. The fourth-order valence-electron chi connectivity index (χ4n) is 3.81. The fraction of sp³-hybridized carbons (Fsp3) is 0.360. The average molecular weight is 522 g/mol. The molecule has 1 amide bonds. The number of thiazole rings is 1. The third kappa shape index (κ3) is 5.18. The number of rotatable bonds is 9. The first kappa shape index (κ1) is 26.3. The molecule has 0 bridgehead atoms. The number of anilines is 1. The maximum Gasteiger partial charge on any atom is 0.295 e. The molecule has 0 saturated heterocycles. The van der Waals surface area contributed by atoms with E-state index in [-0.39, 0.29) is 24.1 Å². The van der Waals surface area contributed by atoms with Gasteiger partial charge in [0.25, 0.3) is 5.91 Å². The first-order valence-corrected chi connectivity index (χ1v) is 12.4. The lowest BCUT2D eigenvalue weighted by molar-refractivity contribution is 0.0959. The van der Waals surface area contributed by atoms with Crippen LogP contribution in [0.3, 0.4) is 0 Å². The van der Waals surface area contributed by atoms with Gasteiger partial charge in [-0.1, -0.05) is 48.9 Å². The van der Waals surface area contributed by atoms with Gasteiger partial charge < -0.3 is 14.1 Å². The van der Waals surface area contributed by atoms with Crippen molar-refractivity contribution in [1.29, 1.82) is 0 Å². The van der Waals surface area contributed by atoms with Crippen LogP contribution in [0.15, 0.2) is 40.8 Å². The predicted octanol–water partition coefficient (Wildman–Crippen LogP) is 6.81. The van der Waals surface area contributed by atoms with E-state index in [1.807, 2.05) is 44.2 Å². The third-order valence-electron chi connectivity index (χ3n) is 5.77. The highest BCUT2D eigenvalue weighted by atomic mass is 35.5. The Morgan fingerprint density at radius 1 is 1.15 bits per heavy atom. The van der Waals surface area contributed by atoms with Crippen LogP contribution in [0.2, 0.25) is 5.02 Å². The minimum atomic E-state index is -0.219. The second-order valence-electron chi connectivity index (χ2n) is 7.72. The van der Waals surface area contributed by atoms with Crippen molar-refractivity contribution in [2.75, 3.05) is 37.7 Å².